The largest absolute Gasteiger partial charge is 0.353 e. The van der Waals surface area contributed by atoms with Gasteiger partial charge in [0.15, 0.2) is 0 Å². The number of hydrogen-bond donors (Lipinski definition) is 1. The van der Waals surface area contributed by atoms with E-state index in [0.29, 0.717) is 11.8 Å². The molecule has 1 rings (SSSR count). The normalized spacial score (nSPS) is 11.5. The maximum Gasteiger partial charge on any atom is 0.244 e. The minimum atomic E-state index is -0.0295. The Kier molecular flexibility index (Phi) is 8.16. The smallest absolute Gasteiger partial charge is 0.244 e. The average Bonchev–Trinajstić information content (AvgIpc) is 2.42. The lowest BCUT2D eigenvalue weighted by molar-refractivity contribution is -0.116. The molecule has 0 atom stereocenters. The number of rotatable bonds is 8. The first-order valence-electron chi connectivity index (χ1n) is 7.35. The Morgan fingerprint density at radius 1 is 1.33 bits per heavy atom. The lowest BCUT2D eigenvalue weighted by Crippen LogP contribution is -2.25. The van der Waals surface area contributed by atoms with Gasteiger partial charge < -0.3 is 10.2 Å². The van der Waals surface area contributed by atoms with E-state index in [4.69, 9.17) is 0 Å². The van der Waals surface area contributed by atoms with Gasteiger partial charge in [-0.1, -0.05) is 32.0 Å². The van der Waals surface area contributed by atoms with Crippen LogP contribution in [0.1, 0.15) is 25.8 Å². The van der Waals surface area contributed by atoms with Crippen molar-refractivity contribution in [3.8, 4) is 0 Å². The van der Waals surface area contributed by atoms with Gasteiger partial charge in [-0.15, -0.1) is 11.8 Å². The summed E-state index contributed by atoms with van der Waals surface area (Å²) in [5.74, 6) is -0.0295. The molecule has 3 nitrogen and oxygen atoms in total. The van der Waals surface area contributed by atoms with Crippen LogP contribution in [0, 0.1) is 0 Å². The molecule has 0 unspecified atom stereocenters. The molecule has 0 aromatic heterocycles. The fourth-order valence-electron chi connectivity index (χ4n) is 1.81. The zero-order valence-electron chi connectivity index (χ0n) is 13.4. The van der Waals surface area contributed by atoms with Crippen molar-refractivity contribution < 1.29 is 4.79 Å². The number of nitrogens with zero attached hydrogens (tertiary/aromatic N) is 1. The predicted octanol–water partition coefficient (Wildman–Crippen LogP) is 3.27. The van der Waals surface area contributed by atoms with Crippen molar-refractivity contribution in [1.82, 2.24) is 10.2 Å². The van der Waals surface area contributed by atoms with Crippen LogP contribution < -0.4 is 5.32 Å². The maximum atomic E-state index is 11.8. The van der Waals surface area contributed by atoms with E-state index < -0.39 is 0 Å². The Morgan fingerprint density at radius 3 is 2.71 bits per heavy atom. The molecule has 1 amide bonds. The molecule has 0 saturated carbocycles. The fraction of sp³-hybridized carbons (Fsp3) is 0.471. The van der Waals surface area contributed by atoms with Gasteiger partial charge in [0.05, 0.1) is 0 Å². The zero-order valence-corrected chi connectivity index (χ0v) is 14.2. The average molecular weight is 306 g/mol. The van der Waals surface area contributed by atoms with Crippen LogP contribution in [-0.2, 0) is 4.79 Å². The summed E-state index contributed by atoms with van der Waals surface area (Å²) in [5.41, 5.74) is 1.10. The molecule has 0 saturated heterocycles. The van der Waals surface area contributed by atoms with Crippen molar-refractivity contribution in [2.24, 2.45) is 0 Å². The Hall–Kier alpha value is -1.26. The van der Waals surface area contributed by atoms with Gasteiger partial charge in [0.1, 0.15) is 0 Å². The number of carbonyl (C=O) groups excluding carboxylic acids is 1. The summed E-state index contributed by atoms with van der Waals surface area (Å²) in [5, 5.41) is 3.44. The van der Waals surface area contributed by atoms with E-state index in [-0.39, 0.29) is 5.91 Å². The molecule has 0 aliphatic carbocycles. The van der Waals surface area contributed by atoms with Gasteiger partial charge in [0.25, 0.3) is 0 Å². The van der Waals surface area contributed by atoms with Gasteiger partial charge >= 0.3 is 0 Å². The van der Waals surface area contributed by atoms with Gasteiger partial charge in [-0.25, -0.2) is 0 Å². The van der Waals surface area contributed by atoms with Crippen LogP contribution in [0.2, 0.25) is 0 Å². The van der Waals surface area contributed by atoms with Crippen LogP contribution in [-0.4, -0.2) is 43.2 Å². The Morgan fingerprint density at radius 2 is 2.05 bits per heavy atom. The summed E-state index contributed by atoms with van der Waals surface area (Å²) in [6.07, 6.45) is 4.48. The molecular weight excluding hydrogens is 280 g/mol. The van der Waals surface area contributed by atoms with E-state index in [1.54, 1.807) is 6.08 Å². The van der Waals surface area contributed by atoms with Crippen molar-refractivity contribution in [2.45, 2.75) is 30.4 Å². The molecule has 1 N–H and O–H groups in total. The number of amides is 1. The van der Waals surface area contributed by atoms with Crippen molar-refractivity contribution in [1.29, 1.82) is 0 Å². The highest BCUT2D eigenvalue weighted by Gasteiger charge is 2.03. The monoisotopic (exact) mass is 306 g/mol. The minimum Gasteiger partial charge on any atom is -0.353 e. The Labute approximate surface area is 132 Å². The number of carbonyl (C=O) groups is 1. The van der Waals surface area contributed by atoms with Gasteiger partial charge in [0, 0.05) is 22.8 Å². The van der Waals surface area contributed by atoms with Gasteiger partial charge in [-0.2, -0.15) is 0 Å². The van der Waals surface area contributed by atoms with E-state index in [1.165, 1.54) is 4.90 Å². The van der Waals surface area contributed by atoms with Gasteiger partial charge in [-0.3, -0.25) is 4.79 Å². The SMILES string of the molecule is CC(C)Sc1ccccc1/C=C/C(=O)NCCCN(C)C. The standard InChI is InChI=1S/C17H26N2OS/c1-14(2)21-16-9-6-5-8-15(16)10-11-17(20)18-12-7-13-19(3)4/h5-6,8-11,14H,7,12-13H2,1-4H3,(H,18,20)/b11-10+. The number of benzene rings is 1. The first kappa shape index (κ1) is 17.8. The summed E-state index contributed by atoms with van der Waals surface area (Å²) in [7, 11) is 4.07. The maximum absolute atomic E-state index is 11.8. The second kappa shape index (κ2) is 9.64. The highest BCUT2D eigenvalue weighted by atomic mass is 32.2. The molecule has 0 fully saturated rings. The molecule has 1 aromatic rings. The third kappa shape index (κ3) is 7.93. The molecule has 116 valence electrons. The highest BCUT2D eigenvalue weighted by Crippen LogP contribution is 2.27. The Bertz CT molecular complexity index is 470. The lowest BCUT2D eigenvalue weighted by atomic mass is 10.2. The van der Waals surface area contributed by atoms with E-state index >= 15 is 0 Å². The molecule has 21 heavy (non-hydrogen) atoms. The molecule has 4 heteroatoms. The minimum absolute atomic E-state index is 0.0295. The molecule has 1 aromatic carbocycles. The second-order valence-corrected chi connectivity index (χ2v) is 7.10. The molecule has 0 radical (unpaired) electrons. The van der Waals surface area contributed by atoms with Crippen LogP contribution in [0.5, 0.6) is 0 Å². The number of hydrogen-bond acceptors (Lipinski definition) is 3. The van der Waals surface area contributed by atoms with Crippen LogP contribution in [0.4, 0.5) is 0 Å². The molecule has 0 aliphatic heterocycles. The number of thioether (sulfide) groups is 1. The third-order valence-electron chi connectivity index (χ3n) is 2.78. The topological polar surface area (TPSA) is 32.3 Å². The molecular formula is C17H26N2OS. The van der Waals surface area contributed by atoms with Crippen molar-refractivity contribution >= 4 is 23.7 Å². The summed E-state index contributed by atoms with van der Waals surface area (Å²) in [6.45, 7) is 6.03. The Balaban J connectivity index is 2.50. The lowest BCUT2D eigenvalue weighted by Gasteiger charge is -2.09. The van der Waals surface area contributed by atoms with Crippen LogP contribution in [0.15, 0.2) is 35.2 Å². The molecule has 0 aliphatic rings. The quantitative estimate of drug-likeness (QED) is 0.454. The van der Waals surface area contributed by atoms with E-state index in [2.05, 4.69) is 30.1 Å². The van der Waals surface area contributed by atoms with Crippen LogP contribution in [0.3, 0.4) is 0 Å². The highest BCUT2D eigenvalue weighted by molar-refractivity contribution is 8.00. The van der Waals surface area contributed by atoms with Crippen LogP contribution in [0.25, 0.3) is 6.08 Å². The van der Waals surface area contributed by atoms with E-state index in [0.717, 1.165) is 18.5 Å². The first-order chi connectivity index (χ1) is 9.99. The molecule has 0 heterocycles. The predicted molar refractivity (Wildman–Crippen MR) is 92.6 cm³/mol. The fourth-order valence-corrected chi connectivity index (χ4v) is 2.75. The molecule has 0 spiro atoms. The summed E-state index contributed by atoms with van der Waals surface area (Å²) < 4.78 is 0. The van der Waals surface area contributed by atoms with Crippen molar-refractivity contribution in [3.05, 3.63) is 35.9 Å². The zero-order chi connectivity index (χ0) is 15.7. The summed E-state index contributed by atoms with van der Waals surface area (Å²) in [6, 6.07) is 8.17. The third-order valence-corrected chi connectivity index (χ3v) is 3.87. The van der Waals surface area contributed by atoms with Crippen molar-refractivity contribution in [2.75, 3.05) is 27.2 Å². The number of nitrogens with one attached hydrogen (secondary N) is 1. The van der Waals surface area contributed by atoms with Crippen molar-refractivity contribution in [3.63, 3.8) is 0 Å². The molecule has 0 bridgehead atoms. The van der Waals surface area contributed by atoms with E-state index in [9.17, 15) is 4.79 Å². The first-order valence-corrected chi connectivity index (χ1v) is 8.23. The van der Waals surface area contributed by atoms with Gasteiger partial charge in [0.2, 0.25) is 5.91 Å². The van der Waals surface area contributed by atoms with Crippen LogP contribution >= 0.6 is 11.8 Å². The van der Waals surface area contributed by atoms with E-state index in [1.807, 2.05) is 50.1 Å². The second-order valence-electron chi connectivity index (χ2n) is 5.49. The summed E-state index contributed by atoms with van der Waals surface area (Å²) >= 11 is 1.81. The summed E-state index contributed by atoms with van der Waals surface area (Å²) in [4.78, 5) is 15.1. The van der Waals surface area contributed by atoms with Gasteiger partial charge in [-0.05, 0) is 44.8 Å².